The van der Waals surface area contributed by atoms with E-state index in [9.17, 15) is 0 Å². The fourth-order valence-corrected chi connectivity index (χ4v) is 2.32. The normalized spacial score (nSPS) is 21.8. The van der Waals surface area contributed by atoms with Crippen molar-refractivity contribution in [3.05, 3.63) is 0 Å². The third kappa shape index (κ3) is 3.04. The van der Waals surface area contributed by atoms with Gasteiger partial charge in [0.05, 0.1) is 13.2 Å². The average Bonchev–Trinajstić information content (AvgIpc) is 1.83. The van der Waals surface area contributed by atoms with Crippen molar-refractivity contribution >= 4 is 11.8 Å². The molecule has 1 nitrogen and oxygen atoms in total. The minimum absolute atomic E-state index is 0.500. The van der Waals surface area contributed by atoms with Crippen LogP contribution >= 0.6 is 11.8 Å². The topological polar surface area (TPSA) is 9.23 Å². The summed E-state index contributed by atoms with van der Waals surface area (Å²) in [6, 6.07) is 0. The summed E-state index contributed by atoms with van der Waals surface area (Å²) in [6.07, 6.45) is 0. The van der Waals surface area contributed by atoms with Gasteiger partial charge in [-0.15, -0.1) is 0 Å². The van der Waals surface area contributed by atoms with Gasteiger partial charge in [0.25, 0.3) is 0 Å². The summed E-state index contributed by atoms with van der Waals surface area (Å²) in [7, 11) is 0. The first kappa shape index (κ1) is 9.40. The molecule has 0 saturated carbocycles. The molecule has 0 aromatic rings. The van der Waals surface area contributed by atoms with E-state index in [0.29, 0.717) is 5.41 Å². The lowest BCUT2D eigenvalue weighted by molar-refractivity contribution is -0.0861. The lowest BCUT2D eigenvalue weighted by atomic mass is 9.92. The SMILES string of the molecule is CC(C)CSCC1(C)COC1. The van der Waals surface area contributed by atoms with Crippen molar-refractivity contribution in [1.82, 2.24) is 0 Å². The molecule has 1 rings (SSSR count). The number of hydrogen-bond acceptors (Lipinski definition) is 2. The number of rotatable bonds is 4. The molecule has 0 N–H and O–H groups in total. The highest BCUT2D eigenvalue weighted by Crippen LogP contribution is 2.31. The summed E-state index contributed by atoms with van der Waals surface area (Å²) in [4.78, 5) is 0. The third-order valence-electron chi connectivity index (χ3n) is 1.80. The standard InChI is InChI=1S/C9H18OS/c1-8(2)4-11-7-9(3)5-10-6-9/h8H,4-7H2,1-3H3. The van der Waals surface area contributed by atoms with Crippen molar-refractivity contribution in [2.24, 2.45) is 11.3 Å². The Morgan fingerprint density at radius 3 is 2.45 bits per heavy atom. The smallest absolute Gasteiger partial charge is 0.0550 e. The Labute approximate surface area is 73.9 Å². The highest BCUT2D eigenvalue weighted by Gasteiger charge is 2.32. The van der Waals surface area contributed by atoms with Crippen molar-refractivity contribution in [2.45, 2.75) is 20.8 Å². The monoisotopic (exact) mass is 174 g/mol. The first-order chi connectivity index (χ1) is 5.12. The van der Waals surface area contributed by atoms with Gasteiger partial charge in [0, 0.05) is 11.2 Å². The van der Waals surface area contributed by atoms with Crippen LogP contribution in [0.2, 0.25) is 0 Å². The summed E-state index contributed by atoms with van der Waals surface area (Å²) >= 11 is 2.06. The second-order valence-corrected chi connectivity index (χ2v) is 5.24. The van der Waals surface area contributed by atoms with Gasteiger partial charge in [-0.05, 0) is 11.7 Å². The van der Waals surface area contributed by atoms with E-state index in [1.54, 1.807) is 0 Å². The predicted octanol–water partition coefficient (Wildman–Crippen LogP) is 2.41. The van der Waals surface area contributed by atoms with Gasteiger partial charge < -0.3 is 4.74 Å². The number of thioether (sulfide) groups is 1. The molecule has 1 aliphatic heterocycles. The molecule has 0 amide bonds. The van der Waals surface area contributed by atoms with E-state index in [4.69, 9.17) is 4.74 Å². The molecular weight excluding hydrogens is 156 g/mol. The van der Waals surface area contributed by atoms with Crippen molar-refractivity contribution < 1.29 is 4.74 Å². The van der Waals surface area contributed by atoms with E-state index in [2.05, 4.69) is 32.5 Å². The fourth-order valence-electron chi connectivity index (χ4n) is 1.07. The molecule has 1 heterocycles. The minimum atomic E-state index is 0.500. The van der Waals surface area contributed by atoms with E-state index in [-0.39, 0.29) is 0 Å². The zero-order valence-corrected chi connectivity index (χ0v) is 8.54. The van der Waals surface area contributed by atoms with Gasteiger partial charge in [0.1, 0.15) is 0 Å². The molecule has 0 radical (unpaired) electrons. The molecule has 0 aliphatic carbocycles. The van der Waals surface area contributed by atoms with Crippen LogP contribution in [0.5, 0.6) is 0 Å². The maximum Gasteiger partial charge on any atom is 0.0550 e. The Hall–Kier alpha value is 0.310. The van der Waals surface area contributed by atoms with E-state index in [1.165, 1.54) is 11.5 Å². The van der Waals surface area contributed by atoms with Gasteiger partial charge in [0.2, 0.25) is 0 Å². The molecule has 1 aliphatic rings. The maximum absolute atomic E-state index is 5.18. The lowest BCUT2D eigenvalue weighted by Gasteiger charge is -2.37. The maximum atomic E-state index is 5.18. The summed E-state index contributed by atoms with van der Waals surface area (Å²) in [5, 5.41) is 0. The fraction of sp³-hybridized carbons (Fsp3) is 1.00. The van der Waals surface area contributed by atoms with Crippen LogP contribution in [-0.4, -0.2) is 24.7 Å². The van der Waals surface area contributed by atoms with Gasteiger partial charge in [-0.2, -0.15) is 11.8 Å². The van der Waals surface area contributed by atoms with E-state index in [0.717, 1.165) is 19.1 Å². The van der Waals surface area contributed by atoms with Crippen LogP contribution in [0.15, 0.2) is 0 Å². The van der Waals surface area contributed by atoms with Crippen molar-refractivity contribution in [3.63, 3.8) is 0 Å². The molecule has 11 heavy (non-hydrogen) atoms. The Morgan fingerprint density at radius 1 is 1.45 bits per heavy atom. The second kappa shape index (κ2) is 3.81. The van der Waals surface area contributed by atoms with Crippen LogP contribution in [0, 0.1) is 11.3 Å². The van der Waals surface area contributed by atoms with Crippen LogP contribution in [0.3, 0.4) is 0 Å². The molecule has 1 saturated heterocycles. The summed E-state index contributed by atoms with van der Waals surface area (Å²) in [5.41, 5.74) is 0.500. The van der Waals surface area contributed by atoms with E-state index in [1.807, 2.05) is 0 Å². The number of ether oxygens (including phenoxy) is 1. The average molecular weight is 174 g/mol. The quantitative estimate of drug-likeness (QED) is 0.647. The van der Waals surface area contributed by atoms with Crippen molar-refractivity contribution in [2.75, 3.05) is 24.7 Å². The summed E-state index contributed by atoms with van der Waals surface area (Å²) in [6.45, 7) is 8.79. The van der Waals surface area contributed by atoms with Gasteiger partial charge >= 0.3 is 0 Å². The zero-order valence-electron chi connectivity index (χ0n) is 7.72. The van der Waals surface area contributed by atoms with Crippen molar-refractivity contribution in [3.8, 4) is 0 Å². The predicted molar refractivity (Wildman–Crippen MR) is 51.1 cm³/mol. The molecule has 66 valence electrons. The van der Waals surface area contributed by atoms with Crippen LogP contribution in [0.4, 0.5) is 0 Å². The van der Waals surface area contributed by atoms with Gasteiger partial charge in [-0.1, -0.05) is 20.8 Å². The first-order valence-corrected chi connectivity index (χ1v) is 5.43. The largest absolute Gasteiger partial charge is 0.380 e. The highest BCUT2D eigenvalue weighted by molar-refractivity contribution is 7.99. The Balaban J connectivity index is 2.02. The molecule has 0 aromatic heterocycles. The number of hydrogen-bond donors (Lipinski definition) is 0. The minimum Gasteiger partial charge on any atom is -0.380 e. The van der Waals surface area contributed by atoms with Crippen LogP contribution < -0.4 is 0 Å². The molecule has 0 aromatic carbocycles. The van der Waals surface area contributed by atoms with E-state index >= 15 is 0 Å². The second-order valence-electron chi connectivity index (χ2n) is 4.21. The van der Waals surface area contributed by atoms with Gasteiger partial charge in [-0.25, -0.2) is 0 Å². The molecule has 2 heteroatoms. The van der Waals surface area contributed by atoms with Crippen LogP contribution in [0.1, 0.15) is 20.8 Å². The van der Waals surface area contributed by atoms with Gasteiger partial charge in [0.15, 0.2) is 0 Å². The molecular formula is C9H18OS. The Morgan fingerprint density at radius 2 is 2.09 bits per heavy atom. The molecule has 0 bridgehead atoms. The lowest BCUT2D eigenvalue weighted by Crippen LogP contribution is -2.41. The third-order valence-corrected chi connectivity index (χ3v) is 3.61. The van der Waals surface area contributed by atoms with Crippen molar-refractivity contribution in [1.29, 1.82) is 0 Å². The Kier molecular flexibility index (Phi) is 3.26. The first-order valence-electron chi connectivity index (χ1n) is 4.28. The molecule has 0 spiro atoms. The van der Waals surface area contributed by atoms with E-state index < -0.39 is 0 Å². The summed E-state index contributed by atoms with van der Waals surface area (Å²) in [5.74, 6) is 3.38. The zero-order chi connectivity index (χ0) is 8.32. The molecule has 1 fully saturated rings. The highest BCUT2D eigenvalue weighted by atomic mass is 32.2. The van der Waals surface area contributed by atoms with Crippen LogP contribution in [0.25, 0.3) is 0 Å². The van der Waals surface area contributed by atoms with Gasteiger partial charge in [-0.3, -0.25) is 0 Å². The molecule has 0 atom stereocenters. The molecule has 0 unspecified atom stereocenters. The summed E-state index contributed by atoms with van der Waals surface area (Å²) < 4.78 is 5.18. The Bertz CT molecular complexity index is 119. The van der Waals surface area contributed by atoms with Crippen LogP contribution in [-0.2, 0) is 4.74 Å².